The number of likely N-dealkylation sites (tertiary alicyclic amines) is 1. The van der Waals surface area contributed by atoms with Gasteiger partial charge in [0.25, 0.3) is 0 Å². The molecule has 5 nitrogen and oxygen atoms in total. The molecule has 1 saturated heterocycles. The fraction of sp³-hybridized carbons (Fsp3) is 0.368. The van der Waals surface area contributed by atoms with E-state index in [0.29, 0.717) is 10.2 Å². The van der Waals surface area contributed by atoms with Crippen LogP contribution >= 0.6 is 15.9 Å². The lowest BCUT2D eigenvalue weighted by molar-refractivity contribution is 0.331. The molecule has 1 heterocycles. The van der Waals surface area contributed by atoms with Crippen LogP contribution in [-0.4, -0.2) is 33.5 Å². The van der Waals surface area contributed by atoms with E-state index in [4.69, 9.17) is 4.74 Å². The fourth-order valence-electron chi connectivity index (χ4n) is 3.08. The highest BCUT2D eigenvalue weighted by Gasteiger charge is 2.19. The van der Waals surface area contributed by atoms with Crippen LogP contribution in [0.25, 0.3) is 0 Å². The van der Waals surface area contributed by atoms with Gasteiger partial charge in [-0.25, -0.2) is 13.1 Å². The van der Waals surface area contributed by atoms with Gasteiger partial charge in [-0.15, -0.1) is 0 Å². The highest BCUT2D eigenvalue weighted by Crippen LogP contribution is 2.27. The zero-order chi connectivity index (χ0) is 18.6. The Balaban J connectivity index is 1.65. The van der Waals surface area contributed by atoms with E-state index in [0.717, 1.165) is 25.2 Å². The van der Waals surface area contributed by atoms with Gasteiger partial charge in [0.15, 0.2) is 0 Å². The zero-order valence-corrected chi connectivity index (χ0v) is 17.1. The summed E-state index contributed by atoms with van der Waals surface area (Å²) in [4.78, 5) is 2.57. The molecule has 0 aliphatic carbocycles. The Hall–Kier alpha value is -1.41. The molecule has 7 heteroatoms. The summed E-state index contributed by atoms with van der Waals surface area (Å²) in [6.07, 6.45) is 2.55. The van der Waals surface area contributed by atoms with Crippen molar-refractivity contribution < 1.29 is 13.2 Å². The molecule has 0 aromatic heterocycles. The summed E-state index contributed by atoms with van der Waals surface area (Å²) < 4.78 is 33.7. The summed E-state index contributed by atoms with van der Waals surface area (Å²) >= 11 is 3.31. The second-order valence-corrected chi connectivity index (χ2v) is 9.07. The third kappa shape index (κ3) is 4.85. The van der Waals surface area contributed by atoms with E-state index >= 15 is 0 Å². The highest BCUT2D eigenvalue weighted by atomic mass is 79.9. The Morgan fingerprint density at radius 3 is 2.38 bits per heavy atom. The topological polar surface area (TPSA) is 58.6 Å². The van der Waals surface area contributed by atoms with Gasteiger partial charge in [-0.1, -0.05) is 40.2 Å². The summed E-state index contributed by atoms with van der Waals surface area (Å²) in [5.41, 5.74) is 2.18. The molecule has 0 spiro atoms. The van der Waals surface area contributed by atoms with Gasteiger partial charge in [0.1, 0.15) is 10.6 Å². The maximum Gasteiger partial charge on any atom is 0.244 e. The molecule has 2 aromatic rings. The summed E-state index contributed by atoms with van der Waals surface area (Å²) in [6, 6.07) is 13.0. The van der Waals surface area contributed by atoms with Crippen molar-refractivity contribution in [2.45, 2.75) is 30.8 Å². The molecule has 1 N–H and O–H groups in total. The minimum absolute atomic E-state index is 0.125. The predicted molar refractivity (Wildman–Crippen MR) is 106 cm³/mol. The summed E-state index contributed by atoms with van der Waals surface area (Å²) in [6.45, 7) is 3.52. The summed E-state index contributed by atoms with van der Waals surface area (Å²) in [5.74, 6) is 0.321. The maximum atomic E-state index is 12.6. The largest absolute Gasteiger partial charge is 0.495 e. The van der Waals surface area contributed by atoms with Crippen LogP contribution in [0.2, 0.25) is 0 Å². The second-order valence-electron chi connectivity index (χ2n) is 6.42. The number of benzene rings is 2. The number of hydrogen-bond acceptors (Lipinski definition) is 4. The SMILES string of the molecule is COc1ccc(Br)cc1S(=O)(=O)NCc1ccc(CN2CCCC2)cc1. The van der Waals surface area contributed by atoms with Crippen molar-refractivity contribution in [1.29, 1.82) is 0 Å². The second kappa shape index (κ2) is 8.52. The lowest BCUT2D eigenvalue weighted by Gasteiger charge is -2.15. The first kappa shape index (κ1) is 19.4. The number of sulfonamides is 1. The van der Waals surface area contributed by atoms with Crippen molar-refractivity contribution in [2.24, 2.45) is 0 Å². The van der Waals surface area contributed by atoms with E-state index in [2.05, 4.69) is 37.7 Å². The van der Waals surface area contributed by atoms with Gasteiger partial charge in [-0.2, -0.15) is 0 Å². The highest BCUT2D eigenvalue weighted by molar-refractivity contribution is 9.10. The molecular formula is C19H23BrN2O3S. The molecule has 1 aliphatic rings. The van der Waals surface area contributed by atoms with Crippen LogP contribution in [0, 0.1) is 0 Å². The summed E-state index contributed by atoms with van der Waals surface area (Å²) in [7, 11) is -2.21. The Labute approximate surface area is 163 Å². The van der Waals surface area contributed by atoms with Gasteiger partial charge in [0.2, 0.25) is 10.0 Å². The third-order valence-electron chi connectivity index (χ3n) is 4.51. The molecule has 140 valence electrons. The molecule has 3 rings (SSSR count). The average Bonchev–Trinajstić information content (AvgIpc) is 3.14. The van der Waals surface area contributed by atoms with Crippen LogP contribution in [-0.2, 0) is 23.1 Å². The van der Waals surface area contributed by atoms with Gasteiger partial charge < -0.3 is 4.74 Å². The number of ether oxygens (including phenoxy) is 1. The predicted octanol–water partition coefficient (Wildman–Crippen LogP) is 3.53. The zero-order valence-electron chi connectivity index (χ0n) is 14.7. The Kier molecular flexibility index (Phi) is 6.34. The lowest BCUT2D eigenvalue weighted by Crippen LogP contribution is -2.24. The third-order valence-corrected chi connectivity index (χ3v) is 6.43. The maximum absolute atomic E-state index is 12.6. The van der Waals surface area contributed by atoms with Gasteiger partial charge >= 0.3 is 0 Å². The van der Waals surface area contributed by atoms with Crippen molar-refractivity contribution in [3.8, 4) is 5.75 Å². The van der Waals surface area contributed by atoms with Crippen molar-refractivity contribution in [3.63, 3.8) is 0 Å². The smallest absolute Gasteiger partial charge is 0.244 e. The molecule has 26 heavy (non-hydrogen) atoms. The van der Waals surface area contributed by atoms with Crippen LogP contribution in [0.15, 0.2) is 51.8 Å². The number of halogens is 1. The van der Waals surface area contributed by atoms with Crippen LogP contribution in [0.3, 0.4) is 0 Å². The van der Waals surface area contributed by atoms with Crippen LogP contribution in [0.5, 0.6) is 5.75 Å². The number of rotatable bonds is 7. The fourth-order valence-corrected chi connectivity index (χ4v) is 4.80. The van der Waals surface area contributed by atoms with Crippen molar-refractivity contribution in [1.82, 2.24) is 9.62 Å². The number of nitrogens with zero attached hydrogens (tertiary/aromatic N) is 1. The molecule has 1 fully saturated rings. The van der Waals surface area contributed by atoms with E-state index in [1.54, 1.807) is 18.2 Å². The normalized spacial score (nSPS) is 15.3. The van der Waals surface area contributed by atoms with Crippen LogP contribution in [0.1, 0.15) is 24.0 Å². The van der Waals surface area contributed by atoms with E-state index in [9.17, 15) is 8.42 Å². The molecule has 0 atom stereocenters. The van der Waals surface area contributed by atoms with Crippen LogP contribution in [0.4, 0.5) is 0 Å². The molecule has 0 saturated carbocycles. The Morgan fingerprint density at radius 2 is 1.73 bits per heavy atom. The van der Waals surface area contributed by atoms with E-state index in [1.807, 2.05) is 12.1 Å². The molecular weight excluding hydrogens is 416 g/mol. The van der Waals surface area contributed by atoms with Crippen molar-refractivity contribution in [2.75, 3.05) is 20.2 Å². The van der Waals surface area contributed by atoms with Gasteiger partial charge in [0, 0.05) is 17.6 Å². The summed E-state index contributed by atoms with van der Waals surface area (Å²) in [5, 5.41) is 0. The first-order valence-electron chi connectivity index (χ1n) is 8.61. The minimum Gasteiger partial charge on any atom is -0.495 e. The monoisotopic (exact) mass is 438 g/mol. The van der Waals surface area contributed by atoms with Gasteiger partial charge in [-0.05, 0) is 55.3 Å². The molecule has 1 aliphatic heterocycles. The van der Waals surface area contributed by atoms with E-state index in [-0.39, 0.29) is 11.4 Å². The molecule has 2 aromatic carbocycles. The molecule has 0 amide bonds. The van der Waals surface area contributed by atoms with Crippen molar-refractivity contribution in [3.05, 3.63) is 58.1 Å². The number of methoxy groups -OCH3 is 1. The first-order valence-corrected chi connectivity index (χ1v) is 10.9. The molecule has 0 unspecified atom stereocenters. The van der Waals surface area contributed by atoms with Crippen molar-refractivity contribution >= 4 is 26.0 Å². The lowest BCUT2D eigenvalue weighted by atomic mass is 10.1. The first-order chi connectivity index (χ1) is 12.5. The Bertz CT molecular complexity index is 848. The van der Waals surface area contributed by atoms with E-state index < -0.39 is 10.0 Å². The van der Waals surface area contributed by atoms with E-state index in [1.165, 1.54) is 25.5 Å². The average molecular weight is 439 g/mol. The molecule has 0 radical (unpaired) electrons. The number of hydrogen-bond donors (Lipinski definition) is 1. The van der Waals surface area contributed by atoms with Crippen LogP contribution < -0.4 is 9.46 Å². The standard InChI is InChI=1S/C19H23BrN2O3S/c1-25-18-9-8-17(20)12-19(18)26(23,24)21-13-15-4-6-16(7-5-15)14-22-10-2-3-11-22/h4-9,12,21H,2-3,10-11,13-14H2,1H3. The number of nitrogens with one attached hydrogen (secondary N) is 1. The quantitative estimate of drug-likeness (QED) is 0.717. The molecule has 0 bridgehead atoms. The Morgan fingerprint density at radius 1 is 1.08 bits per heavy atom. The van der Waals surface area contributed by atoms with Gasteiger partial charge in [-0.3, -0.25) is 4.90 Å². The minimum atomic E-state index is -3.67. The van der Waals surface area contributed by atoms with Gasteiger partial charge in [0.05, 0.1) is 7.11 Å².